The molecule has 0 aliphatic carbocycles. The number of carbonyl (C=O) groups is 1. The minimum Gasteiger partial charge on any atom is -0.497 e. The molecule has 0 radical (unpaired) electrons. The van der Waals surface area contributed by atoms with Crippen LogP contribution in [0.4, 0.5) is 0 Å². The Hall–Kier alpha value is -3.56. The van der Waals surface area contributed by atoms with Gasteiger partial charge < -0.3 is 9.47 Å². The van der Waals surface area contributed by atoms with E-state index in [1.54, 1.807) is 7.11 Å². The van der Waals surface area contributed by atoms with Crippen LogP contribution in [0.15, 0.2) is 65.7 Å². The number of nitrogens with zero attached hydrogens (tertiary/aromatic N) is 3. The molecule has 160 valence electrons. The molecule has 3 aromatic heterocycles. The van der Waals surface area contributed by atoms with Crippen LogP contribution in [0.5, 0.6) is 5.75 Å². The zero-order valence-electron chi connectivity index (χ0n) is 17.0. The smallest absolute Gasteiger partial charge is 0.326 e. The third-order valence-corrected chi connectivity index (χ3v) is 7.04. The fourth-order valence-corrected chi connectivity index (χ4v) is 5.21. The predicted octanol–water partition coefficient (Wildman–Crippen LogP) is 4.49. The molecule has 5 aromatic rings. The average molecular weight is 464 g/mol. The number of carbonyl (C=O) groups excluding carboxylic acids is 1. The number of thiazole rings is 1. The molecule has 5 rings (SSSR count). The van der Waals surface area contributed by atoms with Crippen LogP contribution < -0.4 is 10.3 Å². The number of para-hydroxylation sites is 1. The van der Waals surface area contributed by atoms with Gasteiger partial charge in [0.25, 0.3) is 5.56 Å². The van der Waals surface area contributed by atoms with Gasteiger partial charge in [0, 0.05) is 4.88 Å². The number of fused-ring (bicyclic) bond motifs is 2. The lowest BCUT2D eigenvalue weighted by atomic mass is 10.2. The number of aromatic nitrogens is 3. The molecular formula is C23H17N3O4S2. The second-order valence-electron chi connectivity index (χ2n) is 6.97. The van der Waals surface area contributed by atoms with E-state index in [0.717, 1.165) is 26.4 Å². The summed E-state index contributed by atoms with van der Waals surface area (Å²) >= 11 is 2.83. The maximum Gasteiger partial charge on any atom is 0.326 e. The molecule has 0 N–H and O–H groups in total. The van der Waals surface area contributed by atoms with Crippen molar-refractivity contribution in [3.63, 3.8) is 0 Å². The van der Waals surface area contributed by atoms with E-state index in [1.807, 2.05) is 54.6 Å². The van der Waals surface area contributed by atoms with E-state index in [1.165, 1.54) is 33.6 Å². The van der Waals surface area contributed by atoms with E-state index >= 15 is 0 Å². The van der Waals surface area contributed by atoms with Gasteiger partial charge in [0.2, 0.25) is 0 Å². The Labute approximate surface area is 190 Å². The van der Waals surface area contributed by atoms with E-state index in [2.05, 4.69) is 9.97 Å². The zero-order chi connectivity index (χ0) is 22.1. The number of hydrogen-bond acceptors (Lipinski definition) is 8. The van der Waals surface area contributed by atoms with Crippen LogP contribution in [0.3, 0.4) is 0 Å². The Kier molecular flexibility index (Phi) is 5.42. The number of ether oxygens (including phenoxy) is 2. The molecule has 2 aromatic carbocycles. The van der Waals surface area contributed by atoms with Crippen molar-refractivity contribution in [2.75, 3.05) is 7.11 Å². The highest BCUT2D eigenvalue weighted by Gasteiger charge is 2.14. The first-order chi connectivity index (χ1) is 15.6. The standard InChI is InChI=1S/C23H17N3O4S2/c1-29-15-8-6-14(7-9-15)19-10-17-22(32-19)23(28)26(13-24-17)11-21(27)30-12-20-25-16-4-2-3-5-18(16)31-20/h2-10,13H,11-12H2,1H3. The summed E-state index contributed by atoms with van der Waals surface area (Å²) in [7, 11) is 1.62. The minimum absolute atomic E-state index is 0.0726. The number of benzene rings is 2. The van der Waals surface area contributed by atoms with Gasteiger partial charge in [-0.2, -0.15) is 0 Å². The van der Waals surface area contributed by atoms with Crippen molar-refractivity contribution in [1.82, 2.24) is 14.5 Å². The Balaban J connectivity index is 1.31. The molecule has 7 nitrogen and oxygen atoms in total. The van der Waals surface area contributed by atoms with E-state index in [4.69, 9.17) is 9.47 Å². The first-order valence-electron chi connectivity index (χ1n) is 9.74. The van der Waals surface area contributed by atoms with Gasteiger partial charge in [-0.05, 0) is 48.0 Å². The van der Waals surface area contributed by atoms with Gasteiger partial charge in [-0.3, -0.25) is 14.2 Å². The molecule has 0 spiro atoms. The number of methoxy groups -OCH3 is 1. The maximum absolute atomic E-state index is 12.9. The zero-order valence-corrected chi connectivity index (χ0v) is 18.6. The van der Waals surface area contributed by atoms with Crippen LogP contribution in [-0.2, 0) is 22.7 Å². The van der Waals surface area contributed by atoms with Crippen molar-refractivity contribution in [3.8, 4) is 16.2 Å². The lowest BCUT2D eigenvalue weighted by Crippen LogP contribution is -2.25. The molecule has 0 amide bonds. The van der Waals surface area contributed by atoms with E-state index in [9.17, 15) is 9.59 Å². The second kappa shape index (κ2) is 8.52. The Bertz CT molecular complexity index is 1450. The summed E-state index contributed by atoms with van der Waals surface area (Å²) in [5, 5.41) is 0.711. The predicted molar refractivity (Wildman–Crippen MR) is 125 cm³/mol. The first-order valence-corrected chi connectivity index (χ1v) is 11.4. The van der Waals surface area contributed by atoms with Crippen LogP contribution >= 0.6 is 22.7 Å². The molecule has 3 heterocycles. The van der Waals surface area contributed by atoms with Gasteiger partial charge in [0.1, 0.15) is 28.6 Å². The van der Waals surface area contributed by atoms with Crippen molar-refractivity contribution >= 4 is 49.1 Å². The second-order valence-corrected chi connectivity index (χ2v) is 9.13. The van der Waals surface area contributed by atoms with Crippen molar-refractivity contribution in [2.24, 2.45) is 0 Å². The number of hydrogen-bond donors (Lipinski definition) is 0. The fraction of sp³-hybridized carbons (Fsp3) is 0.130. The Morgan fingerprint density at radius 3 is 2.66 bits per heavy atom. The summed E-state index contributed by atoms with van der Waals surface area (Å²) in [5.74, 6) is 0.249. The van der Waals surface area contributed by atoms with Crippen LogP contribution in [0, 0.1) is 0 Å². The quantitative estimate of drug-likeness (QED) is 0.345. The first kappa shape index (κ1) is 20.3. The summed E-state index contributed by atoms with van der Waals surface area (Å²) < 4.78 is 13.3. The molecule has 0 atom stereocenters. The third kappa shape index (κ3) is 4.00. The molecule has 0 fully saturated rings. The van der Waals surface area contributed by atoms with Gasteiger partial charge in [-0.25, -0.2) is 9.97 Å². The molecule has 0 saturated heterocycles. The van der Waals surface area contributed by atoms with Gasteiger partial charge >= 0.3 is 5.97 Å². The number of thiophene rings is 1. The lowest BCUT2D eigenvalue weighted by Gasteiger charge is -2.05. The Morgan fingerprint density at radius 2 is 1.88 bits per heavy atom. The highest BCUT2D eigenvalue weighted by molar-refractivity contribution is 7.22. The molecule has 32 heavy (non-hydrogen) atoms. The molecular weight excluding hydrogens is 446 g/mol. The lowest BCUT2D eigenvalue weighted by molar-refractivity contribution is -0.145. The number of rotatable bonds is 6. The average Bonchev–Trinajstić information content (AvgIpc) is 3.44. The van der Waals surface area contributed by atoms with Crippen molar-refractivity contribution in [2.45, 2.75) is 13.2 Å². The largest absolute Gasteiger partial charge is 0.497 e. The summed E-state index contributed by atoms with van der Waals surface area (Å²) in [6, 6.07) is 17.2. The maximum atomic E-state index is 12.9. The normalized spacial score (nSPS) is 11.2. The molecule has 0 bridgehead atoms. The number of esters is 1. The summed E-state index contributed by atoms with van der Waals surface area (Å²) in [6.45, 7) is -0.133. The van der Waals surface area contributed by atoms with E-state index < -0.39 is 5.97 Å². The van der Waals surface area contributed by atoms with Crippen molar-refractivity contribution in [1.29, 1.82) is 0 Å². The van der Waals surface area contributed by atoms with Crippen molar-refractivity contribution in [3.05, 3.63) is 76.3 Å². The van der Waals surface area contributed by atoms with Crippen LogP contribution in [0.25, 0.3) is 30.9 Å². The van der Waals surface area contributed by atoms with Crippen LogP contribution in [-0.4, -0.2) is 27.6 Å². The van der Waals surface area contributed by atoms with Gasteiger partial charge in [0.05, 0.1) is 29.2 Å². The third-order valence-electron chi connectivity index (χ3n) is 4.87. The SMILES string of the molecule is COc1ccc(-c2cc3ncn(CC(=O)OCc4nc5ccccc5s4)c(=O)c3s2)cc1. The summed E-state index contributed by atoms with van der Waals surface area (Å²) in [5.41, 5.74) is 2.18. The van der Waals surface area contributed by atoms with E-state index in [0.29, 0.717) is 15.2 Å². The highest BCUT2D eigenvalue weighted by atomic mass is 32.1. The molecule has 9 heteroatoms. The van der Waals surface area contributed by atoms with Crippen LogP contribution in [0.1, 0.15) is 5.01 Å². The van der Waals surface area contributed by atoms with Gasteiger partial charge in [-0.15, -0.1) is 22.7 Å². The summed E-state index contributed by atoms with van der Waals surface area (Å²) in [6.07, 6.45) is 1.38. The summed E-state index contributed by atoms with van der Waals surface area (Å²) in [4.78, 5) is 35.0. The van der Waals surface area contributed by atoms with Crippen molar-refractivity contribution < 1.29 is 14.3 Å². The molecule has 0 aliphatic rings. The van der Waals surface area contributed by atoms with E-state index in [-0.39, 0.29) is 18.7 Å². The van der Waals surface area contributed by atoms with Gasteiger partial charge in [-0.1, -0.05) is 12.1 Å². The fourth-order valence-electron chi connectivity index (χ4n) is 3.26. The highest BCUT2D eigenvalue weighted by Crippen LogP contribution is 2.31. The Morgan fingerprint density at radius 1 is 1.06 bits per heavy atom. The molecule has 0 aliphatic heterocycles. The molecule has 0 unspecified atom stereocenters. The molecule has 0 saturated carbocycles. The topological polar surface area (TPSA) is 83.3 Å². The minimum atomic E-state index is -0.514. The van der Waals surface area contributed by atoms with Gasteiger partial charge in [0.15, 0.2) is 0 Å². The van der Waals surface area contributed by atoms with Crippen LogP contribution in [0.2, 0.25) is 0 Å². The monoisotopic (exact) mass is 463 g/mol.